The zero-order valence-corrected chi connectivity index (χ0v) is 16.6. The van der Waals surface area contributed by atoms with Gasteiger partial charge in [-0.25, -0.2) is 4.98 Å². The molecule has 0 saturated heterocycles. The molecule has 0 saturated carbocycles. The van der Waals surface area contributed by atoms with Gasteiger partial charge < -0.3 is 20.4 Å². The lowest BCUT2D eigenvalue weighted by atomic mass is 10.2. The Balaban J connectivity index is 0.000000397. The summed E-state index contributed by atoms with van der Waals surface area (Å²) in [5.41, 5.74) is 0.528. The molecule has 1 aromatic heterocycles. The number of aromatic amines is 1. The zero-order chi connectivity index (χ0) is 20.5. The largest absolute Gasteiger partial charge is 0.464 e. The van der Waals surface area contributed by atoms with Gasteiger partial charge in [0.05, 0.1) is 12.9 Å². The van der Waals surface area contributed by atoms with Crippen molar-refractivity contribution in [3.8, 4) is 0 Å². The topological polar surface area (TPSA) is 146 Å². The predicted molar refractivity (Wildman–Crippen MR) is 101 cm³/mol. The number of amides is 1. The maximum absolute atomic E-state index is 11.5. The summed E-state index contributed by atoms with van der Waals surface area (Å²) in [6.07, 6.45) is 5.16. The van der Waals surface area contributed by atoms with Crippen molar-refractivity contribution in [2.75, 3.05) is 26.2 Å². The van der Waals surface area contributed by atoms with Gasteiger partial charge in [-0.05, 0) is 27.3 Å². The molecule has 0 bridgehead atoms. The first kappa shape index (κ1) is 21.6. The van der Waals surface area contributed by atoms with Gasteiger partial charge in [0.1, 0.15) is 6.54 Å². The fourth-order valence-electron chi connectivity index (χ4n) is 2.02. The van der Waals surface area contributed by atoms with Crippen LogP contribution in [-0.4, -0.2) is 59.4 Å². The van der Waals surface area contributed by atoms with Crippen molar-refractivity contribution in [3.05, 3.63) is 18.2 Å². The number of hydrogen-bond acceptors (Lipinski definition) is 9. The van der Waals surface area contributed by atoms with Crippen molar-refractivity contribution in [2.24, 2.45) is 20.5 Å². The van der Waals surface area contributed by atoms with Gasteiger partial charge in [-0.15, -0.1) is 0 Å². The fraction of sp³-hybridized carbons (Fsp3) is 0.706. The van der Waals surface area contributed by atoms with Gasteiger partial charge in [0.25, 0.3) is 0 Å². The van der Waals surface area contributed by atoms with Crippen LogP contribution < -0.4 is 10.6 Å². The number of aromatic nitrogens is 2. The van der Waals surface area contributed by atoms with E-state index >= 15 is 0 Å². The number of rotatable bonds is 11. The molecule has 0 fully saturated rings. The van der Waals surface area contributed by atoms with Gasteiger partial charge in [0, 0.05) is 37.7 Å². The molecule has 0 spiro atoms. The lowest BCUT2D eigenvalue weighted by Gasteiger charge is -2.08. The van der Waals surface area contributed by atoms with E-state index in [0.29, 0.717) is 19.4 Å². The summed E-state index contributed by atoms with van der Waals surface area (Å²) in [6, 6.07) is 0. The smallest absolute Gasteiger partial charge is 0.325 e. The van der Waals surface area contributed by atoms with Crippen LogP contribution in [0.1, 0.15) is 38.8 Å². The highest BCUT2D eigenvalue weighted by Crippen LogP contribution is 2.30. The molecule has 0 aromatic carbocycles. The number of esters is 1. The highest BCUT2D eigenvalue weighted by Gasteiger charge is 2.33. The summed E-state index contributed by atoms with van der Waals surface area (Å²) >= 11 is 0. The number of carbonyl (C=O) groups is 2. The minimum absolute atomic E-state index is 0.111. The molecule has 154 valence electrons. The standard InChI is InChI=1S/C13H22N6O3.C4H6N2/c1-12(16-17-12)4-7-14-6-3-10(20)15-9-11(21)22-8-5-13(2)18-19-13;1-4-2-5-3-6-4/h14H,3-9H2,1-2H3,(H,15,20);2-3H,1H3,(H,5,6). The molecule has 11 heteroatoms. The summed E-state index contributed by atoms with van der Waals surface area (Å²) < 4.78 is 4.99. The normalized spacial score (nSPS) is 16.7. The Morgan fingerprint density at radius 2 is 1.79 bits per heavy atom. The maximum Gasteiger partial charge on any atom is 0.325 e. The average Bonchev–Trinajstić information content (AvgIpc) is 3.52. The highest BCUT2D eigenvalue weighted by atomic mass is 16.5. The molecule has 1 amide bonds. The van der Waals surface area contributed by atoms with Crippen molar-refractivity contribution >= 4 is 11.9 Å². The summed E-state index contributed by atoms with van der Waals surface area (Å²) in [4.78, 5) is 29.6. The van der Waals surface area contributed by atoms with E-state index in [2.05, 4.69) is 41.1 Å². The maximum atomic E-state index is 11.5. The minimum Gasteiger partial charge on any atom is -0.464 e. The van der Waals surface area contributed by atoms with Gasteiger partial charge in [0.15, 0.2) is 11.3 Å². The van der Waals surface area contributed by atoms with Crippen LogP contribution >= 0.6 is 0 Å². The molecule has 0 radical (unpaired) electrons. The molecule has 3 rings (SSSR count). The van der Waals surface area contributed by atoms with Gasteiger partial charge in [-0.2, -0.15) is 20.5 Å². The first-order valence-corrected chi connectivity index (χ1v) is 9.26. The molecule has 2 aliphatic rings. The van der Waals surface area contributed by atoms with E-state index in [1.807, 2.05) is 20.8 Å². The summed E-state index contributed by atoms with van der Waals surface area (Å²) in [7, 11) is 0. The van der Waals surface area contributed by atoms with Crippen LogP contribution in [0.15, 0.2) is 33.0 Å². The lowest BCUT2D eigenvalue weighted by Crippen LogP contribution is -2.33. The second-order valence-corrected chi connectivity index (χ2v) is 7.07. The van der Waals surface area contributed by atoms with Crippen LogP contribution in [0.5, 0.6) is 0 Å². The van der Waals surface area contributed by atoms with Crippen LogP contribution in [-0.2, 0) is 14.3 Å². The van der Waals surface area contributed by atoms with Gasteiger partial charge in [-0.3, -0.25) is 9.59 Å². The van der Waals surface area contributed by atoms with Crippen molar-refractivity contribution in [3.63, 3.8) is 0 Å². The average molecular weight is 392 g/mol. The minimum atomic E-state index is -0.449. The van der Waals surface area contributed by atoms with E-state index in [1.54, 1.807) is 12.5 Å². The Hall–Kier alpha value is -2.69. The fourth-order valence-corrected chi connectivity index (χ4v) is 2.02. The van der Waals surface area contributed by atoms with Crippen LogP contribution in [0.2, 0.25) is 0 Å². The molecule has 1 aromatic rings. The highest BCUT2D eigenvalue weighted by molar-refractivity contribution is 5.81. The molecule has 3 heterocycles. The van der Waals surface area contributed by atoms with Crippen LogP contribution in [0, 0.1) is 6.92 Å². The Bertz CT molecular complexity index is 689. The Kier molecular flexibility index (Phi) is 7.73. The number of ether oxygens (including phenoxy) is 1. The molecule has 0 aliphatic carbocycles. The van der Waals surface area contributed by atoms with E-state index in [0.717, 1.165) is 18.7 Å². The molecule has 28 heavy (non-hydrogen) atoms. The first-order chi connectivity index (χ1) is 13.3. The number of nitrogens with zero attached hydrogens (tertiary/aromatic N) is 5. The number of imidazole rings is 1. The van der Waals surface area contributed by atoms with Gasteiger partial charge >= 0.3 is 5.97 Å². The number of H-pyrrole nitrogens is 1. The Morgan fingerprint density at radius 3 is 2.32 bits per heavy atom. The number of aryl methyl sites for hydroxylation is 1. The second-order valence-electron chi connectivity index (χ2n) is 7.07. The van der Waals surface area contributed by atoms with E-state index in [1.165, 1.54) is 0 Å². The zero-order valence-electron chi connectivity index (χ0n) is 16.6. The Labute approximate surface area is 163 Å². The first-order valence-electron chi connectivity index (χ1n) is 9.26. The third-order valence-electron chi connectivity index (χ3n) is 4.09. The van der Waals surface area contributed by atoms with Crippen molar-refractivity contribution in [2.45, 2.75) is 51.4 Å². The van der Waals surface area contributed by atoms with Crippen LogP contribution in [0.3, 0.4) is 0 Å². The monoisotopic (exact) mass is 392 g/mol. The van der Waals surface area contributed by atoms with Gasteiger partial charge in [0.2, 0.25) is 5.91 Å². The molecular weight excluding hydrogens is 364 g/mol. The number of carbonyl (C=O) groups excluding carboxylic acids is 2. The molecular formula is C17H28N8O3. The van der Waals surface area contributed by atoms with E-state index < -0.39 is 5.97 Å². The van der Waals surface area contributed by atoms with E-state index in [9.17, 15) is 9.59 Å². The summed E-state index contributed by atoms with van der Waals surface area (Å²) in [6.45, 7) is 7.24. The lowest BCUT2D eigenvalue weighted by molar-refractivity contribution is -0.144. The number of hydrogen-bond donors (Lipinski definition) is 3. The molecule has 0 atom stereocenters. The second kappa shape index (κ2) is 10.0. The van der Waals surface area contributed by atoms with Crippen molar-refractivity contribution in [1.82, 2.24) is 20.6 Å². The summed E-state index contributed by atoms with van der Waals surface area (Å²) in [5, 5.41) is 21.1. The van der Waals surface area contributed by atoms with Gasteiger partial charge in [-0.1, -0.05) is 0 Å². The molecule has 2 aliphatic heterocycles. The van der Waals surface area contributed by atoms with E-state index in [-0.39, 0.29) is 30.4 Å². The third kappa shape index (κ3) is 9.31. The molecule has 3 N–H and O–H groups in total. The quantitative estimate of drug-likeness (QED) is 0.386. The van der Waals surface area contributed by atoms with Crippen LogP contribution in [0.25, 0.3) is 0 Å². The Morgan fingerprint density at radius 1 is 1.11 bits per heavy atom. The third-order valence-corrected chi connectivity index (χ3v) is 4.09. The van der Waals surface area contributed by atoms with Crippen molar-refractivity contribution < 1.29 is 14.3 Å². The van der Waals surface area contributed by atoms with Crippen molar-refractivity contribution in [1.29, 1.82) is 0 Å². The molecule has 11 nitrogen and oxygen atoms in total. The predicted octanol–water partition coefficient (Wildman–Crippen LogP) is 1.49. The van der Waals surface area contributed by atoms with Crippen LogP contribution in [0.4, 0.5) is 0 Å². The number of nitrogens with one attached hydrogen (secondary N) is 3. The summed E-state index contributed by atoms with van der Waals surface area (Å²) in [5.74, 6) is -0.633. The molecule has 0 unspecified atom stereocenters. The SMILES string of the molecule is CC1(CCNCCC(=O)NCC(=O)OCCC2(C)N=N2)N=N1.Cc1cnc[nH]1. The van der Waals surface area contributed by atoms with E-state index in [4.69, 9.17) is 4.74 Å².